The second-order valence-corrected chi connectivity index (χ2v) is 9.03. The first-order chi connectivity index (χ1) is 16.5. The molecule has 1 amide bonds. The highest BCUT2D eigenvalue weighted by molar-refractivity contribution is 5.71. The Morgan fingerprint density at radius 1 is 1.26 bits per heavy atom. The van der Waals surface area contributed by atoms with Crippen LogP contribution in [0, 0.1) is 0 Å². The number of carbonyl (C=O) groups excluding carboxylic acids is 1. The molecular weight excluding hydrogens is 441 g/mol. The topological polar surface area (TPSA) is 124 Å². The van der Waals surface area contributed by atoms with Crippen LogP contribution in [0.5, 0.6) is 0 Å². The third-order valence-corrected chi connectivity index (χ3v) is 6.27. The second-order valence-electron chi connectivity index (χ2n) is 9.03. The number of alkyl carbamates (subject to hydrolysis) is 1. The van der Waals surface area contributed by atoms with E-state index in [0.717, 1.165) is 37.5 Å². The molecule has 3 aromatic heterocycles. The molecule has 1 aliphatic carbocycles. The van der Waals surface area contributed by atoms with E-state index in [1.807, 2.05) is 30.6 Å². The number of nitrogens with zero attached hydrogens (tertiary/aromatic N) is 5. The van der Waals surface area contributed by atoms with Crippen molar-refractivity contribution in [1.29, 1.82) is 0 Å². The minimum absolute atomic E-state index is 0.0644. The summed E-state index contributed by atoms with van der Waals surface area (Å²) < 4.78 is 22.2. The molecule has 4 heterocycles. The summed E-state index contributed by atoms with van der Waals surface area (Å²) in [5, 5.41) is 16.4. The fraction of sp³-hybridized carbons (Fsp3) is 0.545. The molecule has 1 saturated carbocycles. The van der Waals surface area contributed by atoms with Crippen molar-refractivity contribution in [3.8, 4) is 0 Å². The van der Waals surface area contributed by atoms with Gasteiger partial charge < -0.3 is 25.6 Å². The predicted octanol–water partition coefficient (Wildman–Crippen LogP) is 2.32. The lowest BCUT2D eigenvalue weighted by Gasteiger charge is -2.29. The molecule has 4 N–H and O–H groups in total. The van der Waals surface area contributed by atoms with E-state index in [1.165, 1.54) is 0 Å². The maximum Gasteiger partial charge on any atom is 0.407 e. The van der Waals surface area contributed by atoms with E-state index >= 15 is 4.39 Å². The number of aromatic amines is 1. The molecule has 0 radical (unpaired) electrons. The quantitative estimate of drug-likeness (QED) is 0.432. The van der Waals surface area contributed by atoms with Crippen molar-refractivity contribution in [2.24, 2.45) is 0 Å². The molecule has 0 bridgehead atoms. The summed E-state index contributed by atoms with van der Waals surface area (Å²) in [4.78, 5) is 23.2. The fourth-order valence-electron chi connectivity index (χ4n) is 4.61. The molecule has 1 aliphatic heterocycles. The van der Waals surface area contributed by atoms with Crippen LogP contribution in [0.4, 0.5) is 26.6 Å². The normalized spacial score (nSPS) is 22.9. The van der Waals surface area contributed by atoms with Crippen molar-refractivity contribution in [2.45, 2.75) is 50.9 Å². The molecular formula is C22H30FN9O2. The maximum absolute atomic E-state index is 15.1. The van der Waals surface area contributed by atoms with Gasteiger partial charge in [-0.25, -0.2) is 19.2 Å². The van der Waals surface area contributed by atoms with Crippen LogP contribution in [-0.4, -0.2) is 75.2 Å². The van der Waals surface area contributed by atoms with E-state index in [-0.39, 0.29) is 6.04 Å². The number of aromatic nitrogens is 5. The maximum atomic E-state index is 15.1. The lowest BCUT2D eigenvalue weighted by atomic mass is 10.0. The zero-order valence-corrected chi connectivity index (χ0v) is 19.3. The van der Waals surface area contributed by atoms with Crippen molar-refractivity contribution in [3.63, 3.8) is 0 Å². The number of ether oxygens (including phenoxy) is 1. The van der Waals surface area contributed by atoms with Crippen LogP contribution in [-0.2, 0) is 4.74 Å². The van der Waals surface area contributed by atoms with Gasteiger partial charge in [-0.1, -0.05) is 0 Å². The summed E-state index contributed by atoms with van der Waals surface area (Å²) in [6, 6.07) is 1.72. The van der Waals surface area contributed by atoms with Gasteiger partial charge in [0.05, 0.1) is 11.9 Å². The van der Waals surface area contributed by atoms with Gasteiger partial charge in [-0.05, 0) is 26.7 Å². The van der Waals surface area contributed by atoms with Crippen LogP contribution < -0.4 is 20.9 Å². The largest absolute Gasteiger partial charge is 0.443 e. The van der Waals surface area contributed by atoms with Crippen molar-refractivity contribution in [1.82, 2.24) is 35.2 Å². The molecule has 1 saturated heterocycles. The Balaban J connectivity index is 1.28. The van der Waals surface area contributed by atoms with E-state index < -0.39 is 24.3 Å². The highest BCUT2D eigenvalue weighted by Crippen LogP contribution is 2.38. The van der Waals surface area contributed by atoms with Gasteiger partial charge in [0, 0.05) is 62.3 Å². The summed E-state index contributed by atoms with van der Waals surface area (Å²) >= 11 is 0. The van der Waals surface area contributed by atoms with Gasteiger partial charge in [0.2, 0.25) is 5.95 Å². The molecule has 0 aromatic carbocycles. The Kier molecular flexibility index (Phi) is 6.22. The summed E-state index contributed by atoms with van der Waals surface area (Å²) in [6.07, 6.45) is 3.78. The SMILES string of the molecule is CC(C)NC(=O)O[C@@H]1CC[C@H](c2cc(Nc3ncc(N4CCNCC4)c4nccn34)n[nH]2)[C@H]1F. The third-order valence-electron chi connectivity index (χ3n) is 6.27. The zero-order chi connectivity index (χ0) is 23.7. The van der Waals surface area contributed by atoms with E-state index in [0.29, 0.717) is 30.3 Å². The number of halogens is 1. The number of amides is 1. The van der Waals surface area contributed by atoms with Crippen LogP contribution >= 0.6 is 0 Å². The number of alkyl halides is 1. The van der Waals surface area contributed by atoms with Crippen LogP contribution in [0.1, 0.15) is 38.3 Å². The van der Waals surface area contributed by atoms with Crippen molar-refractivity contribution in [3.05, 3.63) is 30.4 Å². The molecule has 12 heteroatoms. The predicted molar refractivity (Wildman–Crippen MR) is 125 cm³/mol. The average Bonchev–Trinajstić information content (AvgIpc) is 3.55. The molecule has 3 atom stereocenters. The highest BCUT2D eigenvalue weighted by atomic mass is 19.1. The standard InChI is InChI=1S/C22H30FN9O2/c1-13(2)27-22(33)34-17-4-3-14(19(17)23)15-11-18(30-29-15)28-21-26-12-16(20-25-7-10-32(20)21)31-8-5-24-6-9-31/h7,10-14,17,19,24H,3-6,8-9H2,1-2H3,(H,27,33)(H2,26,28,29,30)/t14-,17-,19-/m1/s1. The number of anilines is 3. The van der Waals surface area contributed by atoms with Gasteiger partial charge in [-0.15, -0.1) is 0 Å². The monoisotopic (exact) mass is 471 g/mol. The minimum atomic E-state index is -1.30. The number of H-pyrrole nitrogens is 1. The van der Waals surface area contributed by atoms with Gasteiger partial charge >= 0.3 is 6.09 Å². The molecule has 11 nitrogen and oxygen atoms in total. The molecule has 5 rings (SSSR count). The van der Waals surface area contributed by atoms with Gasteiger partial charge in [0.25, 0.3) is 0 Å². The van der Waals surface area contributed by atoms with Crippen LogP contribution in [0.25, 0.3) is 5.65 Å². The van der Waals surface area contributed by atoms with Crippen molar-refractivity contribution in [2.75, 3.05) is 36.4 Å². The van der Waals surface area contributed by atoms with E-state index in [4.69, 9.17) is 4.74 Å². The molecule has 34 heavy (non-hydrogen) atoms. The number of hydrogen-bond donors (Lipinski definition) is 4. The molecule has 2 aliphatic rings. The second kappa shape index (κ2) is 9.45. The van der Waals surface area contributed by atoms with Crippen molar-refractivity contribution < 1.29 is 13.9 Å². The summed E-state index contributed by atoms with van der Waals surface area (Å²) in [5.41, 5.74) is 2.46. The van der Waals surface area contributed by atoms with E-state index in [1.54, 1.807) is 12.3 Å². The van der Waals surface area contributed by atoms with E-state index in [9.17, 15) is 4.79 Å². The number of imidazole rings is 1. The van der Waals surface area contributed by atoms with Gasteiger partial charge in [-0.3, -0.25) is 9.50 Å². The third kappa shape index (κ3) is 4.49. The smallest absolute Gasteiger partial charge is 0.407 e. The highest BCUT2D eigenvalue weighted by Gasteiger charge is 2.41. The summed E-state index contributed by atoms with van der Waals surface area (Å²) in [5.74, 6) is 0.678. The summed E-state index contributed by atoms with van der Waals surface area (Å²) in [7, 11) is 0. The van der Waals surface area contributed by atoms with Crippen LogP contribution in [0.3, 0.4) is 0 Å². The minimum Gasteiger partial charge on any atom is -0.443 e. The lowest BCUT2D eigenvalue weighted by Crippen LogP contribution is -2.43. The number of rotatable bonds is 6. The number of fused-ring (bicyclic) bond motifs is 1. The first kappa shape index (κ1) is 22.4. The first-order valence-electron chi connectivity index (χ1n) is 11.7. The van der Waals surface area contributed by atoms with Gasteiger partial charge in [-0.2, -0.15) is 5.10 Å². The lowest BCUT2D eigenvalue weighted by molar-refractivity contribution is 0.0555. The zero-order valence-electron chi connectivity index (χ0n) is 19.3. The first-order valence-corrected chi connectivity index (χ1v) is 11.7. The van der Waals surface area contributed by atoms with Crippen LogP contribution in [0.15, 0.2) is 24.7 Å². The summed E-state index contributed by atoms with van der Waals surface area (Å²) in [6.45, 7) is 7.30. The molecule has 3 aromatic rings. The molecule has 0 unspecified atom stereocenters. The van der Waals surface area contributed by atoms with Gasteiger partial charge in [0.15, 0.2) is 11.5 Å². The average molecular weight is 472 g/mol. The number of nitrogens with one attached hydrogen (secondary N) is 4. The Labute approximate surface area is 196 Å². The Morgan fingerprint density at radius 3 is 2.88 bits per heavy atom. The van der Waals surface area contributed by atoms with E-state index in [2.05, 4.69) is 41.0 Å². The van der Waals surface area contributed by atoms with Gasteiger partial charge in [0.1, 0.15) is 12.3 Å². The Bertz CT molecular complexity index is 1140. The van der Waals surface area contributed by atoms with Crippen LogP contribution in [0.2, 0.25) is 0 Å². The Hall–Kier alpha value is -3.41. The number of hydrogen-bond acceptors (Lipinski definition) is 8. The number of piperazine rings is 1. The van der Waals surface area contributed by atoms with Crippen molar-refractivity contribution >= 4 is 29.2 Å². The fourth-order valence-corrected chi connectivity index (χ4v) is 4.61. The molecule has 0 spiro atoms. The molecule has 2 fully saturated rings. The Morgan fingerprint density at radius 2 is 2.09 bits per heavy atom. The molecule has 182 valence electrons. The number of carbonyl (C=O) groups is 1.